The van der Waals surface area contributed by atoms with E-state index in [0.717, 1.165) is 31.7 Å². The van der Waals surface area contributed by atoms with Gasteiger partial charge in [-0.25, -0.2) is 17.5 Å². The van der Waals surface area contributed by atoms with Crippen molar-refractivity contribution in [1.82, 2.24) is 4.72 Å². The molecule has 0 aliphatic heterocycles. The van der Waals surface area contributed by atoms with Gasteiger partial charge in [0.25, 0.3) is 0 Å². The van der Waals surface area contributed by atoms with E-state index >= 15 is 0 Å². The van der Waals surface area contributed by atoms with Gasteiger partial charge in [0.15, 0.2) is 0 Å². The molecular formula is C14H19BrFNO2S. The highest BCUT2D eigenvalue weighted by Gasteiger charge is 2.30. The van der Waals surface area contributed by atoms with E-state index in [2.05, 4.69) is 34.5 Å². The predicted octanol–water partition coefficient (Wildman–Crippen LogP) is 3.84. The summed E-state index contributed by atoms with van der Waals surface area (Å²) in [5.74, 6) is -0.463. The van der Waals surface area contributed by atoms with Crippen LogP contribution < -0.4 is 4.72 Å². The lowest BCUT2D eigenvalue weighted by Gasteiger charge is -2.34. The van der Waals surface area contributed by atoms with Crippen molar-refractivity contribution >= 4 is 26.0 Å². The minimum atomic E-state index is -3.61. The molecule has 0 amide bonds. The molecule has 3 nitrogen and oxygen atoms in total. The Labute approximate surface area is 128 Å². The third kappa shape index (κ3) is 3.80. The van der Waals surface area contributed by atoms with E-state index in [1.807, 2.05) is 0 Å². The van der Waals surface area contributed by atoms with Crippen LogP contribution in [0.1, 0.15) is 39.5 Å². The molecule has 1 aromatic rings. The molecule has 1 fully saturated rings. The zero-order valence-corrected chi connectivity index (χ0v) is 14.0. The van der Waals surface area contributed by atoms with Crippen LogP contribution in [0.25, 0.3) is 0 Å². The summed E-state index contributed by atoms with van der Waals surface area (Å²) in [5.41, 5.74) is 0.290. The molecule has 112 valence electrons. The fourth-order valence-electron chi connectivity index (χ4n) is 2.49. The van der Waals surface area contributed by atoms with Crippen molar-refractivity contribution in [2.75, 3.05) is 0 Å². The van der Waals surface area contributed by atoms with E-state index in [1.165, 1.54) is 12.1 Å². The summed E-state index contributed by atoms with van der Waals surface area (Å²) < 4.78 is 40.7. The summed E-state index contributed by atoms with van der Waals surface area (Å²) in [6.07, 6.45) is 3.69. The van der Waals surface area contributed by atoms with E-state index in [9.17, 15) is 12.8 Å². The highest BCUT2D eigenvalue weighted by molar-refractivity contribution is 9.10. The van der Waals surface area contributed by atoms with Gasteiger partial charge in [0.1, 0.15) is 5.82 Å². The number of nitrogens with one attached hydrogen (secondary N) is 1. The van der Waals surface area contributed by atoms with Gasteiger partial charge in [-0.2, -0.15) is 0 Å². The number of halogens is 2. The van der Waals surface area contributed by atoms with Crippen LogP contribution in [0.3, 0.4) is 0 Å². The second kappa shape index (κ2) is 5.73. The molecule has 6 heteroatoms. The predicted molar refractivity (Wildman–Crippen MR) is 80.5 cm³/mol. The molecule has 20 heavy (non-hydrogen) atoms. The Hall–Kier alpha value is -0.460. The summed E-state index contributed by atoms with van der Waals surface area (Å²) in [4.78, 5) is 0.0868. The summed E-state index contributed by atoms with van der Waals surface area (Å²) in [7, 11) is -3.61. The van der Waals surface area contributed by atoms with Crippen LogP contribution in [-0.2, 0) is 10.0 Å². The van der Waals surface area contributed by atoms with Crippen LogP contribution in [0.4, 0.5) is 4.39 Å². The first-order valence-electron chi connectivity index (χ1n) is 6.67. The van der Waals surface area contributed by atoms with Crippen LogP contribution in [0, 0.1) is 11.2 Å². The van der Waals surface area contributed by atoms with Gasteiger partial charge in [0.2, 0.25) is 10.0 Å². The SMILES string of the molecule is CC1(C)CCC(NS(=O)(=O)c2ccc(F)cc2Br)CC1. The Kier molecular flexibility index (Phi) is 4.56. The Morgan fingerprint density at radius 3 is 2.45 bits per heavy atom. The molecule has 0 atom stereocenters. The molecule has 0 unspecified atom stereocenters. The average Bonchev–Trinajstić information content (AvgIpc) is 2.31. The third-order valence-corrected chi connectivity index (χ3v) is 6.34. The van der Waals surface area contributed by atoms with E-state index in [0.29, 0.717) is 5.41 Å². The minimum absolute atomic E-state index is 0.0371. The lowest BCUT2D eigenvalue weighted by atomic mass is 9.76. The normalized spacial score (nSPS) is 20.0. The maximum atomic E-state index is 13.0. The van der Waals surface area contributed by atoms with Crippen LogP contribution in [-0.4, -0.2) is 14.5 Å². The first kappa shape index (κ1) is 15.9. The van der Waals surface area contributed by atoms with Crippen molar-refractivity contribution in [1.29, 1.82) is 0 Å². The highest BCUT2D eigenvalue weighted by Crippen LogP contribution is 2.35. The van der Waals surface area contributed by atoms with Gasteiger partial charge in [0, 0.05) is 10.5 Å². The highest BCUT2D eigenvalue weighted by atomic mass is 79.9. The van der Waals surface area contributed by atoms with E-state index in [-0.39, 0.29) is 15.4 Å². The molecule has 0 heterocycles. The lowest BCUT2D eigenvalue weighted by molar-refractivity contribution is 0.218. The number of hydrogen-bond acceptors (Lipinski definition) is 2. The van der Waals surface area contributed by atoms with Gasteiger partial charge in [-0.05, 0) is 65.2 Å². The Morgan fingerprint density at radius 2 is 1.90 bits per heavy atom. The van der Waals surface area contributed by atoms with Gasteiger partial charge in [0.05, 0.1) is 4.90 Å². The van der Waals surface area contributed by atoms with Gasteiger partial charge >= 0.3 is 0 Å². The molecule has 1 N–H and O–H groups in total. The molecule has 0 spiro atoms. The summed E-state index contributed by atoms with van der Waals surface area (Å²) in [5, 5.41) is 0. The summed E-state index contributed by atoms with van der Waals surface area (Å²) in [6, 6.07) is 3.57. The van der Waals surface area contributed by atoms with Crippen molar-refractivity contribution in [3.05, 3.63) is 28.5 Å². The average molecular weight is 364 g/mol. The first-order chi connectivity index (χ1) is 9.20. The first-order valence-corrected chi connectivity index (χ1v) is 8.95. The van der Waals surface area contributed by atoms with E-state index in [1.54, 1.807) is 0 Å². The van der Waals surface area contributed by atoms with E-state index < -0.39 is 15.8 Å². The second-order valence-corrected chi connectivity index (χ2v) is 8.67. The molecule has 1 aromatic carbocycles. The minimum Gasteiger partial charge on any atom is -0.208 e. The smallest absolute Gasteiger partial charge is 0.208 e. The van der Waals surface area contributed by atoms with Crippen LogP contribution in [0.15, 0.2) is 27.6 Å². The maximum Gasteiger partial charge on any atom is 0.241 e. The molecule has 0 radical (unpaired) electrons. The van der Waals surface area contributed by atoms with Crippen molar-refractivity contribution < 1.29 is 12.8 Å². The molecule has 0 aromatic heterocycles. The number of sulfonamides is 1. The Balaban J connectivity index is 2.12. The maximum absolute atomic E-state index is 13.0. The largest absolute Gasteiger partial charge is 0.241 e. The molecule has 1 saturated carbocycles. The fourth-order valence-corrected chi connectivity index (χ4v) is 4.85. The Bertz CT molecular complexity index is 591. The monoisotopic (exact) mass is 363 g/mol. The zero-order valence-electron chi connectivity index (χ0n) is 11.6. The van der Waals surface area contributed by atoms with Gasteiger partial charge in [-0.3, -0.25) is 0 Å². The standard InChI is InChI=1S/C14H19BrFNO2S/c1-14(2)7-5-11(6-8-14)17-20(18,19)13-4-3-10(16)9-12(13)15/h3-4,9,11,17H,5-8H2,1-2H3. The summed E-state index contributed by atoms with van der Waals surface area (Å²) >= 11 is 3.11. The quantitative estimate of drug-likeness (QED) is 0.886. The van der Waals surface area contributed by atoms with Crippen LogP contribution in [0.2, 0.25) is 0 Å². The molecule has 0 saturated heterocycles. The van der Waals surface area contributed by atoms with Crippen molar-refractivity contribution in [3.8, 4) is 0 Å². The van der Waals surface area contributed by atoms with E-state index in [4.69, 9.17) is 0 Å². The fraction of sp³-hybridized carbons (Fsp3) is 0.571. The van der Waals surface area contributed by atoms with Gasteiger partial charge in [-0.15, -0.1) is 0 Å². The molecule has 2 rings (SSSR count). The van der Waals surface area contributed by atoms with Crippen LogP contribution >= 0.6 is 15.9 Å². The Morgan fingerprint density at radius 1 is 1.30 bits per heavy atom. The van der Waals surface area contributed by atoms with Gasteiger partial charge in [-0.1, -0.05) is 13.8 Å². The lowest BCUT2D eigenvalue weighted by Crippen LogP contribution is -2.39. The van der Waals surface area contributed by atoms with Gasteiger partial charge < -0.3 is 0 Å². The molecule has 1 aliphatic carbocycles. The van der Waals surface area contributed by atoms with Crippen molar-refractivity contribution in [2.45, 2.75) is 50.5 Å². The number of hydrogen-bond donors (Lipinski definition) is 1. The topological polar surface area (TPSA) is 46.2 Å². The molecular weight excluding hydrogens is 345 g/mol. The second-order valence-electron chi connectivity index (χ2n) is 6.13. The third-order valence-electron chi connectivity index (χ3n) is 3.84. The summed E-state index contributed by atoms with van der Waals surface area (Å²) in [6.45, 7) is 4.41. The van der Waals surface area contributed by atoms with Crippen molar-refractivity contribution in [3.63, 3.8) is 0 Å². The number of rotatable bonds is 3. The zero-order chi connectivity index (χ0) is 15.0. The molecule has 1 aliphatic rings. The van der Waals surface area contributed by atoms with Crippen molar-refractivity contribution in [2.24, 2.45) is 5.41 Å². The molecule has 0 bridgehead atoms. The van der Waals surface area contributed by atoms with Crippen LogP contribution in [0.5, 0.6) is 0 Å². The number of benzene rings is 1.